The number of aliphatic hydroxyl groups is 1. The van der Waals surface area contributed by atoms with Gasteiger partial charge in [-0.05, 0) is 5.56 Å². The summed E-state index contributed by atoms with van der Waals surface area (Å²) in [4.78, 5) is 11.1. The summed E-state index contributed by atoms with van der Waals surface area (Å²) in [6.07, 6.45) is -1.33. The van der Waals surface area contributed by atoms with Crippen LogP contribution in [0.1, 0.15) is 11.7 Å². The van der Waals surface area contributed by atoms with Crippen molar-refractivity contribution in [3.63, 3.8) is 0 Å². The molecule has 0 aliphatic rings. The van der Waals surface area contributed by atoms with Gasteiger partial charge in [-0.1, -0.05) is 47.2 Å². The minimum absolute atomic E-state index is 0.376. The second-order valence-corrected chi connectivity index (χ2v) is 5.60. The molecule has 2 aromatic rings. The van der Waals surface area contributed by atoms with Gasteiger partial charge < -0.3 is 10.4 Å². The van der Waals surface area contributed by atoms with Crippen LogP contribution in [0.4, 0.5) is 8.78 Å². The quantitative estimate of drug-likeness (QED) is 0.786. The molecular formula is C13H12ClF2N3O2S. The van der Waals surface area contributed by atoms with Gasteiger partial charge in [-0.2, -0.15) is 0 Å². The van der Waals surface area contributed by atoms with Gasteiger partial charge in [0, 0.05) is 5.56 Å². The first-order valence-corrected chi connectivity index (χ1v) is 7.53. The second-order valence-electron chi connectivity index (χ2n) is 4.38. The Bertz CT molecular complexity index is 610. The molecule has 3 unspecified atom stereocenters. The Morgan fingerprint density at radius 1 is 1.41 bits per heavy atom. The Morgan fingerprint density at radius 2 is 2.09 bits per heavy atom. The summed E-state index contributed by atoms with van der Waals surface area (Å²) in [5.74, 6) is -1.19. The summed E-state index contributed by atoms with van der Waals surface area (Å²) in [6, 6.07) is 5.25. The fourth-order valence-electron chi connectivity index (χ4n) is 1.80. The van der Waals surface area contributed by atoms with E-state index in [0.29, 0.717) is 10.6 Å². The maximum absolute atomic E-state index is 13.0. The molecule has 0 radical (unpaired) electrons. The van der Waals surface area contributed by atoms with E-state index < -0.39 is 30.4 Å². The van der Waals surface area contributed by atoms with Crippen molar-refractivity contribution in [2.45, 2.75) is 17.8 Å². The number of hydrogen-bond acceptors (Lipinski definition) is 5. The van der Waals surface area contributed by atoms with E-state index in [9.17, 15) is 18.7 Å². The van der Waals surface area contributed by atoms with Crippen LogP contribution in [0.5, 0.6) is 0 Å². The molecule has 0 bridgehead atoms. The Kier molecular flexibility index (Phi) is 5.76. The van der Waals surface area contributed by atoms with Gasteiger partial charge in [0.1, 0.15) is 23.3 Å². The molecule has 1 aromatic carbocycles. The Labute approximate surface area is 134 Å². The molecular weight excluding hydrogens is 336 g/mol. The maximum atomic E-state index is 13.0. The third-order valence-corrected chi connectivity index (χ3v) is 3.87. The molecule has 0 fully saturated rings. The summed E-state index contributed by atoms with van der Waals surface area (Å²) in [6.45, 7) is -1.06. The lowest BCUT2D eigenvalue weighted by molar-refractivity contribution is -0.125. The van der Waals surface area contributed by atoms with E-state index in [1.165, 1.54) is 11.3 Å². The monoisotopic (exact) mass is 347 g/mol. The van der Waals surface area contributed by atoms with Crippen LogP contribution in [0.15, 0.2) is 29.8 Å². The predicted molar refractivity (Wildman–Crippen MR) is 79.0 cm³/mol. The van der Waals surface area contributed by atoms with Gasteiger partial charge in [-0.15, -0.1) is 10.2 Å². The highest BCUT2D eigenvalue weighted by atomic mass is 35.5. The Balaban J connectivity index is 2.10. The Hall–Kier alpha value is -1.64. The topological polar surface area (TPSA) is 75.1 Å². The molecule has 3 atom stereocenters. The van der Waals surface area contributed by atoms with E-state index in [0.717, 1.165) is 5.56 Å². The van der Waals surface area contributed by atoms with Crippen LogP contribution in [0.3, 0.4) is 0 Å². The fourth-order valence-corrected chi connectivity index (χ4v) is 2.43. The van der Waals surface area contributed by atoms with Crippen molar-refractivity contribution < 1.29 is 18.7 Å². The average Bonchev–Trinajstić information content (AvgIpc) is 3.06. The number of carbonyl (C=O) groups excluding carboxylic acids is 1. The number of aliphatic hydroxyl groups excluding tert-OH is 1. The number of amides is 1. The number of alkyl halides is 3. The SMILES string of the molecule is O=C(NC(CF)C(O)c1ccc(-c2nncs2)cc1)C(F)Cl. The fraction of sp³-hybridized carbons (Fsp3) is 0.308. The summed E-state index contributed by atoms with van der Waals surface area (Å²) in [5.41, 5.74) is 0.470. The minimum Gasteiger partial charge on any atom is -0.386 e. The molecule has 1 heterocycles. The molecule has 1 amide bonds. The van der Waals surface area contributed by atoms with Crippen molar-refractivity contribution >= 4 is 28.8 Å². The summed E-state index contributed by atoms with van der Waals surface area (Å²) >= 11 is 6.32. The molecule has 0 spiro atoms. The number of nitrogens with zero attached hydrogens (tertiary/aromatic N) is 2. The van der Waals surface area contributed by atoms with Crippen molar-refractivity contribution in [3.05, 3.63) is 35.3 Å². The molecule has 0 aliphatic heterocycles. The standard InChI is InChI=1S/C13H12ClF2N3O2S/c14-11(16)12(21)18-9(5-15)10(20)7-1-3-8(4-2-7)13-19-17-6-22-13/h1-4,6,9-11,20H,5H2,(H,18,21). The Morgan fingerprint density at radius 3 is 2.59 bits per heavy atom. The van der Waals surface area contributed by atoms with Crippen LogP contribution < -0.4 is 5.32 Å². The summed E-state index contributed by atoms with van der Waals surface area (Å²) < 4.78 is 25.6. The van der Waals surface area contributed by atoms with E-state index >= 15 is 0 Å². The summed E-state index contributed by atoms with van der Waals surface area (Å²) in [5, 5.41) is 20.4. The molecule has 5 nitrogen and oxygen atoms in total. The molecule has 0 aliphatic carbocycles. The van der Waals surface area contributed by atoms with Crippen molar-refractivity contribution in [1.29, 1.82) is 0 Å². The first-order chi connectivity index (χ1) is 10.5. The lowest BCUT2D eigenvalue weighted by atomic mass is 10.0. The molecule has 0 saturated carbocycles. The minimum atomic E-state index is -2.29. The van der Waals surface area contributed by atoms with Crippen LogP contribution in [-0.4, -0.2) is 39.6 Å². The number of benzene rings is 1. The van der Waals surface area contributed by atoms with Crippen molar-refractivity contribution in [3.8, 4) is 10.6 Å². The smallest absolute Gasteiger partial charge is 0.270 e. The number of hydrogen-bond donors (Lipinski definition) is 2. The highest BCUT2D eigenvalue weighted by Gasteiger charge is 2.25. The molecule has 9 heteroatoms. The zero-order chi connectivity index (χ0) is 16.1. The number of carbonyl (C=O) groups is 1. The van der Waals surface area contributed by atoms with Crippen LogP contribution >= 0.6 is 22.9 Å². The molecule has 118 valence electrons. The van der Waals surface area contributed by atoms with Gasteiger partial charge in [0.25, 0.3) is 11.5 Å². The third kappa shape index (κ3) is 3.96. The third-order valence-electron chi connectivity index (χ3n) is 2.93. The number of aromatic nitrogens is 2. The normalized spacial score (nSPS) is 15.1. The van der Waals surface area contributed by atoms with E-state index in [2.05, 4.69) is 10.2 Å². The van der Waals surface area contributed by atoms with Crippen LogP contribution in [-0.2, 0) is 4.79 Å². The zero-order valence-electron chi connectivity index (χ0n) is 11.1. The van der Waals surface area contributed by atoms with Gasteiger partial charge in [0.05, 0.1) is 6.04 Å². The van der Waals surface area contributed by atoms with Gasteiger partial charge in [0.15, 0.2) is 0 Å². The van der Waals surface area contributed by atoms with Crippen molar-refractivity contribution in [1.82, 2.24) is 15.5 Å². The highest BCUT2D eigenvalue weighted by Crippen LogP contribution is 2.24. The lowest BCUT2D eigenvalue weighted by Crippen LogP contribution is -2.43. The first kappa shape index (κ1) is 16.7. The molecule has 22 heavy (non-hydrogen) atoms. The first-order valence-electron chi connectivity index (χ1n) is 6.22. The van der Waals surface area contributed by atoms with E-state index in [4.69, 9.17) is 11.6 Å². The van der Waals surface area contributed by atoms with Crippen LogP contribution in [0.2, 0.25) is 0 Å². The number of nitrogens with one attached hydrogen (secondary N) is 1. The molecule has 2 N–H and O–H groups in total. The predicted octanol–water partition coefficient (Wildman–Crippen LogP) is 2.23. The number of rotatable bonds is 6. The van der Waals surface area contributed by atoms with E-state index in [1.807, 2.05) is 5.32 Å². The molecule has 1 aromatic heterocycles. The molecule has 2 rings (SSSR count). The van der Waals surface area contributed by atoms with Crippen LogP contribution in [0, 0.1) is 0 Å². The second kappa shape index (κ2) is 7.57. The zero-order valence-corrected chi connectivity index (χ0v) is 12.7. The van der Waals surface area contributed by atoms with Crippen molar-refractivity contribution in [2.24, 2.45) is 0 Å². The highest BCUT2D eigenvalue weighted by molar-refractivity contribution is 7.12. The van der Waals surface area contributed by atoms with Gasteiger partial charge >= 0.3 is 0 Å². The number of halogens is 3. The van der Waals surface area contributed by atoms with Gasteiger partial charge in [-0.25, -0.2) is 8.78 Å². The van der Waals surface area contributed by atoms with E-state index in [1.54, 1.807) is 29.8 Å². The average molecular weight is 348 g/mol. The summed E-state index contributed by atoms with van der Waals surface area (Å²) in [7, 11) is 0. The maximum Gasteiger partial charge on any atom is 0.270 e. The lowest BCUT2D eigenvalue weighted by Gasteiger charge is -2.22. The van der Waals surface area contributed by atoms with Crippen LogP contribution in [0.25, 0.3) is 10.6 Å². The van der Waals surface area contributed by atoms with E-state index in [-0.39, 0.29) is 0 Å². The van der Waals surface area contributed by atoms with Gasteiger partial charge in [0.2, 0.25) is 0 Å². The van der Waals surface area contributed by atoms with Gasteiger partial charge in [-0.3, -0.25) is 4.79 Å². The van der Waals surface area contributed by atoms with Crippen molar-refractivity contribution in [2.75, 3.05) is 6.67 Å². The largest absolute Gasteiger partial charge is 0.386 e. The molecule has 0 saturated heterocycles.